The summed E-state index contributed by atoms with van der Waals surface area (Å²) in [7, 11) is 0. The summed E-state index contributed by atoms with van der Waals surface area (Å²) >= 11 is 0. The smallest absolute Gasteiger partial charge is 0.105 e. The maximum absolute atomic E-state index is 5.70. The fraction of sp³-hybridized carbons (Fsp3) is 0.250. The summed E-state index contributed by atoms with van der Waals surface area (Å²) in [6.45, 7) is 17.9. The molecule has 4 heterocycles. The van der Waals surface area contributed by atoms with Crippen molar-refractivity contribution >= 4 is 43.6 Å². The highest BCUT2D eigenvalue weighted by molar-refractivity contribution is 6.05. The minimum atomic E-state index is -0.799. The lowest BCUT2D eigenvalue weighted by Crippen LogP contribution is -2.43. The molecule has 0 spiro atoms. The van der Waals surface area contributed by atoms with Crippen LogP contribution in [0.3, 0.4) is 0 Å². The van der Waals surface area contributed by atoms with Crippen molar-refractivity contribution < 1.29 is 0 Å². The van der Waals surface area contributed by atoms with Crippen LogP contribution in [0.5, 0.6) is 0 Å². The number of hydrogen-bond acceptors (Lipinski definition) is 4. The normalized spacial score (nSPS) is 15.2. The van der Waals surface area contributed by atoms with Gasteiger partial charge in [0.1, 0.15) is 5.41 Å². The van der Waals surface area contributed by atoms with Crippen LogP contribution in [-0.2, 0) is 21.7 Å². The highest BCUT2D eigenvalue weighted by Crippen LogP contribution is 2.55. The second kappa shape index (κ2) is 11.0. The lowest BCUT2D eigenvalue weighted by atomic mass is 9.56. The van der Waals surface area contributed by atoms with Crippen LogP contribution in [0.4, 0.5) is 0 Å². The standard InChI is InChI=1S/C48H44N4/c1-45(2,3)39-27-21-31-37(49-39)23-17-29-19-25-41(51-43(29)31)48(35-15-11-9-13-33(35)47(7,8)34-14-10-12-16-36(34)48)42-26-20-30-18-24-38-32(44(30)52-42)22-28-40(50-38)46(4,5)6/h9-28H,1-8H3. The van der Waals surface area contributed by atoms with Gasteiger partial charge in [-0.05, 0) is 70.8 Å². The van der Waals surface area contributed by atoms with Gasteiger partial charge in [-0.15, -0.1) is 0 Å². The molecule has 0 saturated heterocycles. The molecule has 0 radical (unpaired) electrons. The zero-order valence-electron chi connectivity index (χ0n) is 31.3. The summed E-state index contributed by atoms with van der Waals surface area (Å²) in [5, 5.41) is 4.29. The maximum Gasteiger partial charge on any atom is 0.105 e. The van der Waals surface area contributed by atoms with Gasteiger partial charge < -0.3 is 0 Å². The number of nitrogens with zero attached hydrogens (tertiary/aromatic N) is 4. The zero-order chi connectivity index (χ0) is 36.2. The van der Waals surface area contributed by atoms with Crippen molar-refractivity contribution in [2.45, 2.75) is 77.0 Å². The Bertz CT molecular complexity index is 2550. The summed E-state index contributed by atoms with van der Waals surface area (Å²) < 4.78 is 0. The van der Waals surface area contributed by atoms with Gasteiger partial charge in [-0.25, -0.2) is 0 Å². The Morgan fingerprint density at radius 3 is 1.19 bits per heavy atom. The molecule has 0 saturated carbocycles. The summed E-state index contributed by atoms with van der Waals surface area (Å²) in [6, 6.07) is 44.1. The lowest BCUT2D eigenvalue weighted by Gasteiger charge is -2.46. The van der Waals surface area contributed by atoms with Crippen molar-refractivity contribution in [3.05, 3.63) is 166 Å². The fourth-order valence-corrected chi connectivity index (χ4v) is 8.52. The minimum absolute atomic E-state index is 0.0550. The van der Waals surface area contributed by atoms with Crippen LogP contribution in [0.1, 0.15) is 100 Å². The van der Waals surface area contributed by atoms with Gasteiger partial charge in [0.15, 0.2) is 0 Å². The first kappa shape index (κ1) is 32.4. The highest BCUT2D eigenvalue weighted by Gasteiger charge is 2.50. The van der Waals surface area contributed by atoms with Gasteiger partial charge in [-0.1, -0.05) is 128 Å². The SMILES string of the molecule is CC(C)(C)c1ccc2c(ccc3ccc(C4(c5ccc6ccc7nc(C(C)(C)C)ccc7c6n5)c5ccccc5C(C)(C)c5ccccc54)nc32)n1. The third kappa shape index (κ3) is 4.66. The predicted octanol–water partition coefficient (Wildman–Crippen LogP) is 11.5. The average molecular weight is 677 g/mol. The summed E-state index contributed by atoms with van der Waals surface area (Å²) in [4.78, 5) is 21.7. The summed E-state index contributed by atoms with van der Waals surface area (Å²) in [5.41, 5.74) is 11.7. The van der Waals surface area contributed by atoms with E-state index >= 15 is 0 Å². The number of pyridine rings is 4. The van der Waals surface area contributed by atoms with Crippen LogP contribution in [0, 0.1) is 0 Å². The van der Waals surface area contributed by atoms with E-state index in [-0.39, 0.29) is 16.2 Å². The molecule has 52 heavy (non-hydrogen) atoms. The fourth-order valence-electron chi connectivity index (χ4n) is 8.52. The Kier molecular flexibility index (Phi) is 6.87. The molecule has 1 aliphatic rings. The van der Waals surface area contributed by atoms with E-state index in [1.165, 1.54) is 22.3 Å². The third-order valence-electron chi connectivity index (χ3n) is 11.4. The lowest BCUT2D eigenvalue weighted by molar-refractivity contribution is 0.547. The molecule has 0 aliphatic heterocycles. The maximum atomic E-state index is 5.70. The van der Waals surface area contributed by atoms with Crippen LogP contribution in [0.2, 0.25) is 0 Å². The first-order chi connectivity index (χ1) is 24.8. The zero-order valence-corrected chi connectivity index (χ0v) is 31.3. The van der Waals surface area contributed by atoms with E-state index in [1.54, 1.807) is 0 Å². The first-order valence-electron chi connectivity index (χ1n) is 18.4. The molecule has 0 fully saturated rings. The van der Waals surface area contributed by atoms with Crippen molar-refractivity contribution in [2.24, 2.45) is 0 Å². The topological polar surface area (TPSA) is 51.6 Å². The summed E-state index contributed by atoms with van der Waals surface area (Å²) in [5.74, 6) is 0. The van der Waals surface area contributed by atoms with Crippen molar-refractivity contribution in [3.8, 4) is 0 Å². The van der Waals surface area contributed by atoms with Crippen molar-refractivity contribution in [1.29, 1.82) is 0 Å². The van der Waals surface area contributed by atoms with Gasteiger partial charge >= 0.3 is 0 Å². The first-order valence-corrected chi connectivity index (χ1v) is 18.4. The quantitative estimate of drug-likeness (QED) is 0.171. The van der Waals surface area contributed by atoms with Gasteiger partial charge in [0, 0.05) is 49.2 Å². The number of benzene rings is 4. The van der Waals surface area contributed by atoms with Crippen LogP contribution in [0.15, 0.2) is 121 Å². The van der Waals surface area contributed by atoms with Crippen LogP contribution < -0.4 is 0 Å². The van der Waals surface area contributed by atoms with Crippen LogP contribution in [-0.4, -0.2) is 19.9 Å². The molecule has 8 aromatic rings. The number of rotatable bonds is 2. The molecule has 0 N–H and O–H groups in total. The van der Waals surface area contributed by atoms with Crippen LogP contribution in [0.25, 0.3) is 43.6 Å². The monoisotopic (exact) mass is 676 g/mol. The van der Waals surface area contributed by atoms with E-state index in [1.807, 2.05) is 0 Å². The van der Waals surface area contributed by atoms with Crippen molar-refractivity contribution in [1.82, 2.24) is 19.9 Å². The molecule has 4 aromatic carbocycles. The molecular formula is C48H44N4. The molecule has 0 bridgehead atoms. The Hall–Kier alpha value is -5.48. The molecule has 0 amide bonds. The predicted molar refractivity (Wildman–Crippen MR) is 215 cm³/mol. The molecule has 0 unspecified atom stereocenters. The Balaban J connectivity index is 1.41. The van der Waals surface area contributed by atoms with E-state index < -0.39 is 5.41 Å². The van der Waals surface area contributed by atoms with E-state index in [0.29, 0.717) is 0 Å². The number of hydrogen-bond donors (Lipinski definition) is 0. The van der Waals surface area contributed by atoms with Gasteiger partial charge in [0.2, 0.25) is 0 Å². The van der Waals surface area contributed by atoms with Gasteiger partial charge in [-0.2, -0.15) is 0 Å². The second-order valence-corrected chi connectivity index (χ2v) is 17.2. The van der Waals surface area contributed by atoms with Gasteiger partial charge in [0.05, 0.1) is 33.5 Å². The Labute approximate surface area is 306 Å². The van der Waals surface area contributed by atoms with Gasteiger partial charge in [0.25, 0.3) is 0 Å². The molecule has 4 aromatic heterocycles. The molecular weight excluding hydrogens is 633 g/mol. The molecule has 256 valence electrons. The van der Waals surface area contributed by atoms with E-state index in [0.717, 1.165) is 66.4 Å². The van der Waals surface area contributed by atoms with E-state index in [9.17, 15) is 0 Å². The van der Waals surface area contributed by atoms with Crippen molar-refractivity contribution in [2.75, 3.05) is 0 Å². The van der Waals surface area contributed by atoms with Gasteiger partial charge in [-0.3, -0.25) is 19.9 Å². The van der Waals surface area contributed by atoms with E-state index in [4.69, 9.17) is 19.9 Å². The third-order valence-corrected chi connectivity index (χ3v) is 11.4. The molecule has 0 atom stereocenters. The largest absolute Gasteiger partial charge is 0.252 e. The van der Waals surface area contributed by atoms with Crippen molar-refractivity contribution in [3.63, 3.8) is 0 Å². The molecule has 4 heteroatoms. The summed E-state index contributed by atoms with van der Waals surface area (Å²) in [6.07, 6.45) is 0. The van der Waals surface area contributed by atoms with Crippen LogP contribution >= 0.6 is 0 Å². The molecule has 9 rings (SSSR count). The Morgan fingerprint density at radius 1 is 0.404 bits per heavy atom. The number of fused-ring (bicyclic) bond motifs is 8. The number of aromatic nitrogens is 4. The minimum Gasteiger partial charge on any atom is -0.252 e. The highest BCUT2D eigenvalue weighted by atomic mass is 14.8. The molecule has 4 nitrogen and oxygen atoms in total. The van der Waals surface area contributed by atoms with E-state index in [2.05, 4.69) is 177 Å². The Morgan fingerprint density at radius 2 is 0.788 bits per heavy atom. The average Bonchev–Trinajstić information content (AvgIpc) is 3.14. The molecule has 1 aliphatic carbocycles. The second-order valence-electron chi connectivity index (χ2n) is 17.2.